The number of aliphatic hydroxyl groups is 4. The fourth-order valence-electron chi connectivity index (χ4n) is 3.09. The maximum absolute atomic E-state index is 10.2. The zero-order chi connectivity index (χ0) is 21.8. The van der Waals surface area contributed by atoms with Gasteiger partial charge in [-0.1, -0.05) is 18.2 Å². The van der Waals surface area contributed by atoms with Crippen LogP contribution in [0.2, 0.25) is 0 Å². The van der Waals surface area contributed by atoms with Gasteiger partial charge in [-0.05, 0) is 35.4 Å². The zero-order valence-corrected chi connectivity index (χ0v) is 16.1. The molecule has 0 saturated carbocycles. The Kier molecular flexibility index (Phi) is 6.80. The van der Waals surface area contributed by atoms with Crippen molar-refractivity contribution in [2.75, 3.05) is 13.7 Å². The monoisotopic (exact) mass is 420 g/mol. The second-order valence-electron chi connectivity index (χ2n) is 6.84. The normalized spacial score (nSPS) is 26.6. The van der Waals surface area contributed by atoms with Crippen LogP contribution in [0.3, 0.4) is 0 Å². The number of aromatic hydroxyl groups is 2. The van der Waals surface area contributed by atoms with E-state index >= 15 is 0 Å². The topological polar surface area (TPSA) is 149 Å². The van der Waals surface area contributed by atoms with Gasteiger partial charge in [-0.3, -0.25) is 0 Å². The maximum Gasteiger partial charge on any atom is 0.229 e. The van der Waals surface area contributed by atoms with Crippen LogP contribution < -0.4 is 9.47 Å². The molecule has 3 rings (SSSR count). The minimum atomic E-state index is -1.56. The summed E-state index contributed by atoms with van der Waals surface area (Å²) in [6, 6.07) is 9.13. The maximum atomic E-state index is 10.2. The first-order valence-electron chi connectivity index (χ1n) is 9.18. The van der Waals surface area contributed by atoms with Gasteiger partial charge >= 0.3 is 0 Å². The van der Waals surface area contributed by atoms with Gasteiger partial charge in [0.1, 0.15) is 35.9 Å². The van der Waals surface area contributed by atoms with Gasteiger partial charge in [0.2, 0.25) is 6.29 Å². The Morgan fingerprint density at radius 1 is 0.867 bits per heavy atom. The highest BCUT2D eigenvalue weighted by Gasteiger charge is 2.44. The molecule has 1 aliphatic heterocycles. The molecule has 1 heterocycles. The first kappa shape index (κ1) is 21.9. The summed E-state index contributed by atoms with van der Waals surface area (Å²) < 4.78 is 16.3. The molecule has 9 heteroatoms. The summed E-state index contributed by atoms with van der Waals surface area (Å²) in [6.45, 7) is -0.568. The molecule has 0 spiro atoms. The molecule has 0 aliphatic carbocycles. The van der Waals surface area contributed by atoms with E-state index in [1.807, 2.05) is 0 Å². The average molecular weight is 420 g/mol. The van der Waals surface area contributed by atoms with Gasteiger partial charge in [-0.2, -0.15) is 0 Å². The molecule has 0 aromatic heterocycles. The third-order valence-electron chi connectivity index (χ3n) is 4.67. The minimum absolute atomic E-state index is 0.0731. The standard InChI is InChI=1S/C21H24O9/c1-28-15-5-4-11(2-3-12-6-13(23)9-14(24)7-12)8-16(15)29-21-20(27)19(26)18(25)17(10-22)30-21/h2-9,17-27H,10H2,1H3/b3-2+/t17-,18-,19+,20-,21-/m1/s1. The number of phenols is 2. The van der Waals surface area contributed by atoms with E-state index in [0.29, 0.717) is 16.9 Å². The smallest absolute Gasteiger partial charge is 0.229 e. The molecular formula is C21H24O9. The van der Waals surface area contributed by atoms with E-state index in [9.17, 15) is 30.6 Å². The quantitative estimate of drug-likeness (QED) is 0.366. The largest absolute Gasteiger partial charge is 0.508 e. The number of benzene rings is 2. The van der Waals surface area contributed by atoms with Crippen LogP contribution in [0.25, 0.3) is 12.2 Å². The molecule has 2 aromatic rings. The van der Waals surface area contributed by atoms with Gasteiger partial charge in [0, 0.05) is 6.07 Å². The summed E-state index contributed by atoms with van der Waals surface area (Å²) in [5, 5.41) is 58.4. The zero-order valence-electron chi connectivity index (χ0n) is 16.1. The molecule has 1 saturated heterocycles. The van der Waals surface area contributed by atoms with Gasteiger partial charge < -0.3 is 44.8 Å². The minimum Gasteiger partial charge on any atom is -0.508 e. The molecule has 1 fully saturated rings. The summed E-state index contributed by atoms with van der Waals surface area (Å²) >= 11 is 0. The van der Waals surface area contributed by atoms with E-state index in [1.165, 1.54) is 25.3 Å². The molecule has 1 aliphatic rings. The van der Waals surface area contributed by atoms with E-state index in [2.05, 4.69) is 0 Å². The molecule has 6 N–H and O–H groups in total. The average Bonchev–Trinajstić information content (AvgIpc) is 2.72. The fourth-order valence-corrected chi connectivity index (χ4v) is 3.09. The number of aliphatic hydroxyl groups excluding tert-OH is 4. The van der Waals surface area contributed by atoms with Crippen LogP contribution in [-0.4, -0.2) is 75.1 Å². The Hall–Kier alpha value is -2.82. The van der Waals surface area contributed by atoms with Crippen LogP contribution in [0.15, 0.2) is 36.4 Å². The lowest BCUT2D eigenvalue weighted by atomic mass is 9.99. The van der Waals surface area contributed by atoms with Crippen LogP contribution in [0, 0.1) is 0 Å². The van der Waals surface area contributed by atoms with Crippen molar-refractivity contribution < 1.29 is 44.8 Å². The number of ether oxygens (including phenoxy) is 3. The third-order valence-corrected chi connectivity index (χ3v) is 4.67. The number of rotatable bonds is 6. The lowest BCUT2D eigenvalue weighted by molar-refractivity contribution is -0.277. The van der Waals surface area contributed by atoms with E-state index in [4.69, 9.17) is 14.2 Å². The Morgan fingerprint density at radius 3 is 2.17 bits per heavy atom. The SMILES string of the molecule is COc1ccc(/C=C/c2cc(O)cc(O)c2)cc1O[C@@H]1O[C@H](CO)[C@@H](O)[C@H](O)[C@H]1O. The van der Waals surface area contributed by atoms with Crippen molar-refractivity contribution in [1.29, 1.82) is 0 Å². The lowest BCUT2D eigenvalue weighted by Gasteiger charge is -2.39. The molecule has 0 unspecified atom stereocenters. The predicted molar refractivity (Wildman–Crippen MR) is 106 cm³/mol. The molecule has 9 nitrogen and oxygen atoms in total. The molecular weight excluding hydrogens is 396 g/mol. The molecule has 0 radical (unpaired) electrons. The van der Waals surface area contributed by atoms with Gasteiger partial charge in [-0.25, -0.2) is 0 Å². The lowest BCUT2D eigenvalue weighted by Crippen LogP contribution is -2.60. The Bertz CT molecular complexity index is 876. The van der Waals surface area contributed by atoms with Crippen molar-refractivity contribution in [2.24, 2.45) is 0 Å². The first-order valence-corrected chi connectivity index (χ1v) is 9.18. The molecule has 5 atom stereocenters. The Balaban J connectivity index is 1.83. The highest BCUT2D eigenvalue weighted by Crippen LogP contribution is 2.33. The Labute approximate surface area is 172 Å². The summed E-state index contributed by atoms with van der Waals surface area (Å²) in [6.07, 6.45) is -3.68. The number of phenolic OH excluding ortho intramolecular Hbond substituents is 2. The van der Waals surface area contributed by atoms with Crippen LogP contribution >= 0.6 is 0 Å². The van der Waals surface area contributed by atoms with Crippen molar-refractivity contribution in [2.45, 2.75) is 30.7 Å². The van der Waals surface area contributed by atoms with Gasteiger partial charge in [0.05, 0.1) is 13.7 Å². The highest BCUT2D eigenvalue weighted by molar-refractivity contribution is 5.72. The summed E-state index contributed by atoms with van der Waals surface area (Å²) in [5.74, 6) is 0.383. The van der Waals surface area contributed by atoms with Crippen molar-refractivity contribution >= 4 is 12.2 Å². The first-order chi connectivity index (χ1) is 14.3. The van der Waals surface area contributed by atoms with E-state index in [0.717, 1.165) is 0 Å². The summed E-state index contributed by atoms with van der Waals surface area (Å²) in [5.41, 5.74) is 1.23. The van der Waals surface area contributed by atoms with Crippen LogP contribution in [0.1, 0.15) is 11.1 Å². The van der Waals surface area contributed by atoms with Crippen molar-refractivity contribution in [3.8, 4) is 23.0 Å². The number of hydrogen-bond donors (Lipinski definition) is 6. The molecule has 162 valence electrons. The van der Waals surface area contributed by atoms with Gasteiger partial charge in [-0.15, -0.1) is 0 Å². The Morgan fingerprint density at radius 2 is 1.53 bits per heavy atom. The van der Waals surface area contributed by atoms with Gasteiger partial charge in [0.25, 0.3) is 0 Å². The summed E-state index contributed by atoms with van der Waals surface area (Å²) in [4.78, 5) is 0. The summed E-state index contributed by atoms with van der Waals surface area (Å²) in [7, 11) is 1.43. The van der Waals surface area contributed by atoms with Crippen molar-refractivity contribution in [3.63, 3.8) is 0 Å². The molecule has 0 amide bonds. The molecule has 0 bridgehead atoms. The van der Waals surface area contributed by atoms with Crippen molar-refractivity contribution in [3.05, 3.63) is 47.5 Å². The van der Waals surface area contributed by atoms with Crippen LogP contribution in [-0.2, 0) is 4.74 Å². The third kappa shape index (κ3) is 4.84. The molecule has 30 heavy (non-hydrogen) atoms. The predicted octanol–water partition coefficient (Wildman–Crippen LogP) is 0.456. The van der Waals surface area contributed by atoms with Crippen LogP contribution in [0.4, 0.5) is 0 Å². The van der Waals surface area contributed by atoms with Crippen LogP contribution in [0.5, 0.6) is 23.0 Å². The highest BCUT2D eigenvalue weighted by atomic mass is 16.7. The van der Waals surface area contributed by atoms with E-state index < -0.39 is 37.3 Å². The molecule has 2 aromatic carbocycles. The fraction of sp³-hybridized carbons (Fsp3) is 0.333. The van der Waals surface area contributed by atoms with E-state index in [-0.39, 0.29) is 17.2 Å². The second kappa shape index (κ2) is 9.33. The van der Waals surface area contributed by atoms with E-state index in [1.54, 1.807) is 30.4 Å². The van der Waals surface area contributed by atoms with Crippen molar-refractivity contribution in [1.82, 2.24) is 0 Å². The van der Waals surface area contributed by atoms with Gasteiger partial charge in [0.15, 0.2) is 11.5 Å². The number of methoxy groups -OCH3 is 1. The number of hydrogen-bond acceptors (Lipinski definition) is 9. The second-order valence-corrected chi connectivity index (χ2v) is 6.84.